The Morgan fingerprint density at radius 1 is 1.25 bits per heavy atom. The molecule has 0 spiro atoms. The van der Waals surface area contributed by atoms with Gasteiger partial charge >= 0.3 is 13.1 Å². The zero-order chi connectivity index (χ0) is 19.7. The standard InChI is InChI=1S/C17H29BN2O6.2ClH/c1-20(12-15(22)13-5-4-6-14(21)11-13)10-8-17(19,16(23)24)7-2-3-9-18(25)26;;/h4-6,11,15,21-22,25-26H,2-3,7-10,12,19H2,1H3,(H,23,24);2*1H/t15-,17-;;/m1../s1. The predicted molar refractivity (Wildman–Crippen MR) is 113 cm³/mol. The van der Waals surface area contributed by atoms with E-state index in [-0.39, 0.29) is 56.3 Å². The van der Waals surface area contributed by atoms with Crippen LogP contribution in [0.25, 0.3) is 0 Å². The van der Waals surface area contributed by atoms with Gasteiger partial charge in [-0.2, -0.15) is 0 Å². The van der Waals surface area contributed by atoms with Crippen molar-refractivity contribution in [3.8, 4) is 5.75 Å². The van der Waals surface area contributed by atoms with Gasteiger partial charge in [0.2, 0.25) is 0 Å². The first-order valence-electron chi connectivity index (χ1n) is 8.68. The maximum Gasteiger partial charge on any atom is 0.451 e. The molecule has 162 valence electrons. The lowest BCUT2D eigenvalue weighted by atomic mass is 9.81. The average molecular weight is 441 g/mol. The topological polar surface area (TPSA) is 147 Å². The van der Waals surface area contributed by atoms with Gasteiger partial charge in [-0.25, -0.2) is 0 Å². The minimum Gasteiger partial charge on any atom is -0.508 e. The number of carboxylic acid groups (broad SMARTS) is 1. The van der Waals surface area contributed by atoms with Crippen molar-refractivity contribution in [3.05, 3.63) is 29.8 Å². The number of hydrogen-bond acceptors (Lipinski definition) is 7. The number of aliphatic hydroxyl groups excluding tert-OH is 1. The first kappa shape index (κ1) is 29.1. The number of carboxylic acids is 1. The number of nitrogens with zero attached hydrogens (tertiary/aromatic N) is 1. The van der Waals surface area contributed by atoms with Crippen molar-refractivity contribution in [1.29, 1.82) is 0 Å². The number of rotatable bonds is 12. The molecule has 1 rings (SSSR count). The second-order valence-electron chi connectivity index (χ2n) is 6.81. The van der Waals surface area contributed by atoms with E-state index in [2.05, 4.69) is 0 Å². The zero-order valence-electron chi connectivity index (χ0n) is 15.9. The number of aromatic hydroxyl groups is 1. The molecule has 0 aliphatic heterocycles. The monoisotopic (exact) mass is 440 g/mol. The molecule has 0 heterocycles. The average Bonchev–Trinajstić information content (AvgIpc) is 2.56. The van der Waals surface area contributed by atoms with Crippen molar-refractivity contribution in [2.75, 3.05) is 20.1 Å². The van der Waals surface area contributed by atoms with E-state index in [0.29, 0.717) is 24.9 Å². The van der Waals surface area contributed by atoms with Crippen molar-refractivity contribution >= 4 is 37.9 Å². The van der Waals surface area contributed by atoms with Gasteiger partial charge in [0.05, 0.1) is 6.10 Å². The molecular weight excluding hydrogens is 410 g/mol. The van der Waals surface area contributed by atoms with E-state index < -0.39 is 24.7 Å². The number of unbranched alkanes of at least 4 members (excludes halogenated alkanes) is 1. The van der Waals surface area contributed by atoms with Gasteiger partial charge in [-0.05, 0) is 43.9 Å². The third-order valence-electron chi connectivity index (χ3n) is 4.44. The van der Waals surface area contributed by atoms with Crippen LogP contribution in [0.3, 0.4) is 0 Å². The van der Waals surface area contributed by atoms with Gasteiger partial charge in [-0.3, -0.25) is 4.79 Å². The smallest absolute Gasteiger partial charge is 0.451 e. The number of halogens is 2. The highest BCUT2D eigenvalue weighted by atomic mass is 35.5. The molecule has 0 aliphatic rings. The van der Waals surface area contributed by atoms with Crippen LogP contribution in [0.4, 0.5) is 0 Å². The second kappa shape index (κ2) is 14.0. The molecule has 0 aromatic heterocycles. The van der Waals surface area contributed by atoms with Crippen LogP contribution in [0.15, 0.2) is 24.3 Å². The molecule has 0 aliphatic carbocycles. The van der Waals surface area contributed by atoms with E-state index in [1.165, 1.54) is 12.1 Å². The van der Waals surface area contributed by atoms with Crippen LogP contribution in [-0.4, -0.2) is 69.0 Å². The van der Waals surface area contributed by atoms with Crippen molar-refractivity contribution in [2.45, 2.75) is 43.6 Å². The van der Waals surface area contributed by atoms with Gasteiger partial charge in [-0.1, -0.05) is 25.0 Å². The summed E-state index contributed by atoms with van der Waals surface area (Å²) >= 11 is 0. The lowest BCUT2D eigenvalue weighted by molar-refractivity contribution is -0.144. The molecule has 0 fully saturated rings. The van der Waals surface area contributed by atoms with Crippen LogP contribution >= 0.6 is 24.8 Å². The summed E-state index contributed by atoms with van der Waals surface area (Å²) in [6.07, 6.45) is 0.776. The van der Waals surface area contributed by atoms with Crippen molar-refractivity contribution in [1.82, 2.24) is 4.90 Å². The molecule has 8 nitrogen and oxygen atoms in total. The maximum atomic E-state index is 11.5. The molecule has 7 N–H and O–H groups in total. The van der Waals surface area contributed by atoms with Gasteiger partial charge in [0, 0.05) is 13.1 Å². The number of phenols is 1. The number of aliphatic hydroxyl groups is 1. The highest BCUT2D eigenvalue weighted by Gasteiger charge is 2.33. The Morgan fingerprint density at radius 3 is 2.43 bits per heavy atom. The zero-order valence-corrected chi connectivity index (χ0v) is 17.5. The molecule has 0 saturated carbocycles. The van der Waals surface area contributed by atoms with Crippen molar-refractivity contribution < 1.29 is 30.2 Å². The minimum absolute atomic E-state index is 0. The minimum atomic E-state index is -1.40. The molecule has 0 unspecified atom stereocenters. The van der Waals surface area contributed by atoms with Crippen LogP contribution in [0, 0.1) is 0 Å². The molecule has 11 heteroatoms. The van der Waals surface area contributed by atoms with Crippen LogP contribution in [-0.2, 0) is 4.79 Å². The molecule has 2 atom stereocenters. The molecule has 0 amide bonds. The third-order valence-corrected chi connectivity index (χ3v) is 4.44. The molecule has 0 radical (unpaired) electrons. The van der Waals surface area contributed by atoms with Crippen LogP contribution < -0.4 is 5.73 Å². The van der Waals surface area contributed by atoms with Gasteiger partial charge in [0.15, 0.2) is 0 Å². The summed E-state index contributed by atoms with van der Waals surface area (Å²) in [6, 6.07) is 6.36. The fraction of sp³-hybridized carbons (Fsp3) is 0.588. The van der Waals surface area contributed by atoms with Crippen molar-refractivity contribution in [2.24, 2.45) is 5.73 Å². The van der Waals surface area contributed by atoms with Gasteiger partial charge in [-0.15, -0.1) is 24.8 Å². The number of likely N-dealkylation sites (N-methyl/N-ethyl adjacent to an activating group) is 1. The first-order chi connectivity index (χ1) is 12.1. The molecule has 1 aromatic carbocycles. The van der Waals surface area contributed by atoms with Gasteiger partial charge in [0.25, 0.3) is 0 Å². The Bertz CT molecular complexity index is 584. The fourth-order valence-corrected chi connectivity index (χ4v) is 2.72. The Balaban J connectivity index is 0. The largest absolute Gasteiger partial charge is 0.508 e. The number of aliphatic carboxylic acids is 1. The molecular formula is C17H31BCl2N2O6. The van der Waals surface area contributed by atoms with E-state index in [9.17, 15) is 20.1 Å². The lowest BCUT2D eigenvalue weighted by Gasteiger charge is -2.28. The number of hydrogen-bond donors (Lipinski definition) is 6. The number of benzene rings is 1. The molecule has 0 saturated heterocycles. The summed E-state index contributed by atoms with van der Waals surface area (Å²) in [5.74, 6) is -1.02. The summed E-state index contributed by atoms with van der Waals surface area (Å²) in [5, 5.41) is 46.8. The Hall–Kier alpha value is -1.07. The molecule has 28 heavy (non-hydrogen) atoms. The van der Waals surface area contributed by atoms with E-state index in [4.69, 9.17) is 15.8 Å². The summed E-state index contributed by atoms with van der Waals surface area (Å²) in [7, 11) is 0.369. The number of carbonyl (C=O) groups is 1. The van der Waals surface area contributed by atoms with E-state index in [1.807, 2.05) is 0 Å². The molecule has 0 bridgehead atoms. The lowest BCUT2D eigenvalue weighted by Crippen LogP contribution is -2.50. The Labute approximate surface area is 178 Å². The quantitative estimate of drug-likeness (QED) is 0.208. The third kappa shape index (κ3) is 10.5. The van der Waals surface area contributed by atoms with E-state index in [1.54, 1.807) is 24.1 Å². The second-order valence-corrected chi connectivity index (χ2v) is 6.81. The fourth-order valence-electron chi connectivity index (χ4n) is 2.72. The van der Waals surface area contributed by atoms with Crippen LogP contribution in [0.2, 0.25) is 6.32 Å². The summed E-state index contributed by atoms with van der Waals surface area (Å²) in [5.41, 5.74) is 5.20. The maximum absolute atomic E-state index is 11.5. The van der Waals surface area contributed by atoms with E-state index in [0.717, 1.165) is 0 Å². The van der Waals surface area contributed by atoms with Crippen molar-refractivity contribution in [3.63, 3.8) is 0 Å². The Morgan fingerprint density at radius 2 is 1.89 bits per heavy atom. The SMILES string of the molecule is CN(CC[C@](N)(CCCCB(O)O)C(=O)O)C[C@@H](O)c1cccc(O)c1.Cl.Cl. The number of phenolic OH excluding ortho intramolecular Hbond substituents is 1. The summed E-state index contributed by atoms with van der Waals surface area (Å²) in [4.78, 5) is 13.3. The predicted octanol–water partition coefficient (Wildman–Crippen LogP) is 1.02. The Kier molecular flexibility index (Phi) is 14.6. The highest BCUT2D eigenvalue weighted by Crippen LogP contribution is 2.21. The molecule has 1 aromatic rings. The van der Waals surface area contributed by atoms with Gasteiger partial charge in [0.1, 0.15) is 11.3 Å². The van der Waals surface area contributed by atoms with Crippen LogP contribution in [0.1, 0.15) is 37.4 Å². The summed E-state index contributed by atoms with van der Waals surface area (Å²) < 4.78 is 0. The van der Waals surface area contributed by atoms with E-state index >= 15 is 0 Å². The highest BCUT2D eigenvalue weighted by molar-refractivity contribution is 6.40. The van der Waals surface area contributed by atoms with Gasteiger partial charge < -0.3 is 36.0 Å². The number of nitrogens with two attached hydrogens (primary N) is 1. The summed E-state index contributed by atoms with van der Waals surface area (Å²) in [6.45, 7) is 0.650. The van der Waals surface area contributed by atoms with Crippen LogP contribution in [0.5, 0.6) is 5.75 Å². The normalized spacial score (nSPS) is 13.8. The first-order valence-corrected chi connectivity index (χ1v) is 8.68.